The van der Waals surface area contributed by atoms with E-state index in [-0.39, 0.29) is 12.0 Å². The summed E-state index contributed by atoms with van der Waals surface area (Å²) in [6.45, 7) is 3.21. The molecule has 0 aromatic heterocycles. The quantitative estimate of drug-likeness (QED) is 0.886. The molecule has 2 aromatic rings. The Kier molecular flexibility index (Phi) is 5.21. The standard InChI is InChI=1S/C19H21NO4/c1-14-6-8-15(9-7-14)22-11-10-19(21)20-12-16-13-23-17-4-2-3-5-18(17)24-16/h2-9,16H,10-13H2,1H3,(H,20,21). The largest absolute Gasteiger partial charge is 0.493 e. The maximum Gasteiger partial charge on any atom is 0.223 e. The third-order valence-corrected chi connectivity index (χ3v) is 3.71. The molecule has 5 nitrogen and oxygen atoms in total. The highest BCUT2D eigenvalue weighted by atomic mass is 16.6. The Morgan fingerprint density at radius 1 is 1.17 bits per heavy atom. The number of amides is 1. The fourth-order valence-corrected chi connectivity index (χ4v) is 2.38. The molecule has 0 fully saturated rings. The van der Waals surface area contributed by atoms with Crippen LogP contribution in [0.5, 0.6) is 17.2 Å². The van der Waals surface area contributed by atoms with E-state index in [2.05, 4.69) is 5.32 Å². The Morgan fingerprint density at radius 3 is 2.71 bits per heavy atom. The normalized spacial score (nSPS) is 15.6. The second kappa shape index (κ2) is 7.73. The fraction of sp³-hybridized carbons (Fsp3) is 0.316. The van der Waals surface area contributed by atoms with Crippen molar-refractivity contribution < 1.29 is 19.0 Å². The van der Waals surface area contributed by atoms with Gasteiger partial charge in [0.15, 0.2) is 11.5 Å². The number of para-hydroxylation sites is 2. The van der Waals surface area contributed by atoms with E-state index >= 15 is 0 Å². The summed E-state index contributed by atoms with van der Waals surface area (Å²) in [4.78, 5) is 11.9. The zero-order valence-corrected chi connectivity index (χ0v) is 13.7. The first kappa shape index (κ1) is 16.2. The number of fused-ring (bicyclic) bond motifs is 1. The Morgan fingerprint density at radius 2 is 1.92 bits per heavy atom. The van der Waals surface area contributed by atoms with E-state index in [1.807, 2.05) is 55.5 Å². The molecule has 1 atom stereocenters. The molecule has 3 rings (SSSR count). The highest BCUT2D eigenvalue weighted by Crippen LogP contribution is 2.30. The van der Waals surface area contributed by atoms with Gasteiger partial charge in [-0.2, -0.15) is 0 Å². The second-order valence-electron chi connectivity index (χ2n) is 5.71. The van der Waals surface area contributed by atoms with E-state index in [9.17, 15) is 4.79 Å². The molecule has 1 N–H and O–H groups in total. The lowest BCUT2D eigenvalue weighted by Crippen LogP contribution is -2.41. The number of aryl methyl sites for hydroxylation is 1. The summed E-state index contributed by atoms with van der Waals surface area (Å²) in [7, 11) is 0. The van der Waals surface area contributed by atoms with Gasteiger partial charge in [-0.3, -0.25) is 4.79 Å². The Balaban J connectivity index is 1.36. The lowest BCUT2D eigenvalue weighted by atomic mass is 10.2. The van der Waals surface area contributed by atoms with E-state index in [1.54, 1.807) is 0 Å². The molecule has 1 amide bonds. The van der Waals surface area contributed by atoms with Crippen LogP contribution in [0.3, 0.4) is 0 Å². The lowest BCUT2D eigenvalue weighted by molar-refractivity contribution is -0.122. The van der Waals surface area contributed by atoms with Crippen molar-refractivity contribution in [2.24, 2.45) is 0 Å². The van der Waals surface area contributed by atoms with E-state index in [0.29, 0.717) is 31.9 Å². The lowest BCUT2D eigenvalue weighted by Gasteiger charge is -2.26. The Hall–Kier alpha value is -2.69. The first-order valence-electron chi connectivity index (χ1n) is 8.05. The van der Waals surface area contributed by atoms with Crippen molar-refractivity contribution >= 4 is 5.91 Å². The van der Waals surface area contributed by atoms with Crippen molar-refractivity contribution in [3.05, 3.63) is 54.1 Å². The molecule has 2 aromatic carbocycles. The highest BCUT2D eigenvalue weighted by Gasteiger charge is 2.20. The van der Waals surface area contributed by atoms with Crippen LogP contribution in [0, 0.1) is 6.92 Å². The Bertz CT molecular complexity index is 684. The average Bonchev–Trinajstić information content (AvgIpc) is 2.61. The molecule has 24 heavy (non-hydrogen) atoms. The number of nitrogens with one attached hydrogen (secondary N) is 1. The molecular weight excluding hydrogens is 306 g/mol. The number of rotatable bonds is 6. The molecule has 1 aliphatic heterocycles. The van der Waals surface area contributed by atoms with E-state index < -0.39 is 0 Å². The van der Waals surface area contributed by atoms with Crippen molar-refractivity contribution in [1.29, 1.82) is 0 Å². The van der Waals surface area contributed by atoms with Gasteiger partial charge in [0.1, 0.15) is 18.5 Å². The number of hydrogen-bond donors (Lipinski definition) is 1. The number of carbonyl (C=O) groups excluding carboxylic acids is 1. The maximum absolute atomic E-state index is 11.9. The van der Waals surface area contributed by atoms with E-state index in [1.165, 1.54) is 5.56 Å². The van der Waals surface area contributed by atoms with Crippen LogP contribution in [0.4, 0.5) is 0 Å². The summed E-state index contributed by atoms with van der Waals surface area (Å²) in [6.07, 6.45) is 0.125. The second-order valence-corrected chi connectivity index (χ2v) is 5.71. The number of ether oxygens (including phenoxy) is 3. The van der Waals surface area contributed by atoms with Crippen LogP contribution >= 0.6 is 0 Å². The van der Waals surface area contributed by atoms with Crippen molar-refractivity contribution in [2.75, 3.05) is 19.8 Å². The van der Waals surface area contributed by atoms with E-state index in [0.717, 1.165) is 11.5 Å². The van der Waals surface area contributed by atoms with Gasteiger partial charge in [-0.1, -0.05) is 29.8 Å². The van der Waals surface area contributed by atoms with Crippen LogP contribution < -0.4 is 19.5 Å². The van der Waals surface area contributed by atoms with Gasteiger partial charge in [0.25, 0.3) is 0 Å². The molecule has 0 saturated heterocycles. The Labute approximate surface area is 141 Å². The minimum Gasteiger partial charge on any atom is -0.493 e. The zero-order chi connectivity index (χ0) is 16.8. The minimum absolute atomic E-state index is 0.0652. The van der Waals surface area contributed by atoms with Gasteiger partial charge >= 0.3 is 0 Å². The van der Waals surface area contributed by atoms with Crippen LogP contribution in [0.15, 0.2) is 48.5 Å². The van der Waals surface area contributed by atoms with Gasteiger partial charge in [-0.15, -0.1) is 0 Å². The van der Waals surface area contributed by atoms with E-state index in [4.69, 9.17) is 14.2 Å². The van der Waals surface area contributed by atoms with Crippen molar-refractivity contribution in [3.8, 4) is 17.2 Å². The van der Waals surface area contributed by atoms with Gasteiger partial charge in [-0.05, 0) is 31.2 Å². The van der Waals surface area contributed by atoms with Gasteiger partial charge < -0.3 is 19.5 Å². The molecule has 0 saturated carbocycles. The molecule has 0 spiro atoms. The van der Waals surface area contributed by atoms with Gasteiger partial charge in [-0.25, -0.2) is 0 Å². The molecule has 1 aliphatic rings. The SMILES string of the molecule is Cc1ccc(OCCC(=O)NCC2COc3ccccc3O2)cc1. The van der Waals surface area contributed by atoms with Crippen molar-refractivity contribution in [1.82, 2.24) is 5.32 Å². The van der Waals surface area contributed by atoms with Crippen LogP contribution in [0.1, 0.15) is 12.0 Å². The van der Waals surface area contributed by atoms with Crippen LogP contribution in [0.2, 0.25) is 0 Å². The van der Waals surface area contributed by atoms with Crippen LogP contribution in [0.25, 0.3) is 0 Å². The smallest absolute Gasteiger partial charge is 0.223 e. The molecule has 0 bridgehead atoms. The first-order valence-corrected chi connectivity index (χ1v) is 8.05. The number of hydrogen-bond acceptors (Lipinski definition) is 4. The van der Waals surface area contributed by atoms with Gasteiger partial charge in [0.05, 0.1) is 19.6 Å². The summed E-state index contributed by atoms with van der Waals surface area (Å²) in [6, 6.07) is 15.3. The predicted molar refractivity (Wildman–Crippen MR) is 90.7 cm³/mol. The molecule has 1 heterocycles. The van der Waals surface area contributed by atoms with Crippen LogP contribution in [-0.2, 0) is 4.79 Å². The first-order chi connectivity index (χ1) is 11.7. The van der Waals surface area contributed by atoms with Gasteiger partial charge in [0, 0.05) is 0 Å². The topological polar surface area (TPSA) is 56.8 Å². The third-order valence-electron chi connectivity index (χ3n) is 3.71. The molecular formula is C19H21NO4. The fourth-order valence-electron chi connectivity index (χ4n) is 2.38. The summed E-state index contributed by atoms with van der Waals surface area (Å²) >= 11 is 0. The molecule has 126 valence electrons. The summed E-state index contributed by atoms with van der Waals surface area (Å²) in [5, 5.41) is 2.85. The maximum atomic E-state index is 11.9. The van der Waals surface area contributed by atoms with Crippen molar-refractivity contribution in [2.45, 2.75) is 19.4 Å². The minimum atomic E-state index is -0.179. The zero-order valence-electron chi connectivity index (χ0n) is 13.7. The summed E-state index contributed by atoms with van der Waals surface area (Å²) in [5.74, 6) is 2.16. The molecule has 0 radical (unpaired) electrons. The number of benzene rings is 2. The average molecular weight is 327 g/mol. The third kappa shape index (κ3) is 4.41. The number of carbonyl (C=O) groups is 1. The summed E-state index contributed by atoms with van der Waals surface area (Å²) < 4.78 is 17.0. The summed E-state index contributed by atoms with van der Waals surface area (Å²) in [5.41, 5.74) is 1.18. The molecule has 5 heteroatoms. The highest BCUT2D eigenvalue weighted by molar-refractivity contribution is 5.76. The molecule has 0 aliphatic carbocycles. The van der Waals surface area contributed by atoms with Crippen molar-refractivity contribution in [3.63, 3.8) is 0 Å². The molecule has 1 unspecified atom stereocenters. The predicted octanol–water partition coefficient (Wildman–Crippen LogP) is 2.72. The van der Waals surface area contributed by atoms with Gasteiger partial charge in [0.2, 0.25) is 5.91 Å². The monoisotopic (exact) mass is 327 g/mol. The van der Waals surface area contributed by atoms with Crippen LogP contribution in [-0.4, -0.2) is 31.8 Å².